The van der Waals surface area contributed by atoms with E-state index >= 15 is 0 Å². The summed E-state index contributed by atoms with van der Waals surface area (Å²) in [6.45, 7) is 4.22. The van der Waals surface area contributed by atoms with Crippen LogP contribution in [-0.4, -0.2) is 18.7 Å². The summed E-state index contributed by atoms with van der Waals surface area (Å²) in [5.41, 5.74) is 0. The van der Waals surface area contributed by atoms with E-state index in [1.165, 1.54) is 12.8 Å². The average molecular weight is 372 g/mol. The molecular formula is C20H27F3O3. The lowest BCUT2D eigenvalue weighted by molar-refractivity contribution is -0.161. The molecule has 1 aliphatic carbocycles. The highest BCUT2D eigenvalue weighted by atomic mass is 19.2. The molecule has 0 bridgehead atoms. The van der Waals surface area contributed by atoms with E-state index in [1.54, 1.807) is 0 Å². The second kappa shape index (κ2) is 9.83. The highest BCUT2D eigenvalue weighted by Gasteiger charge is 2.33. The van der Waals surface area contributed by atoms with E-state index in [9.17, 15) is 18.0 Å². The Balaban J connectivity index is 1.65. The zero-order valence-corrected chi connectivity index (χ0v) is 15.4. The SMILES string of the molecule is CCCCCCC(C)C(=O)OC1CC(COc2ccc(F)c(F)c2F)C1. The Kier molecular flexibility index (Phi) is 7.79. The first-order valence-electron chi connectivity index (χ1n) is 9.39. The molecule has 1 atom stereocenters. The second-order valence-electron chi connectivity index (χ2n) is 7.13. The zero-order valence-electron chi connectivity index (χ0n) is 15.4. The van der Waals surface area contributed by atoms with Crippen LogP contribution in [0.2, 0.25) is 0 Å². The Hall–Kier alpha value is -1.72. The molecule has 0 radical (unpaired) electrons. The van der Waals surface area contributed by atoms with Crippen molar-refractivity contribution in [2.45, 2.75) is 64.9 Å². The van der Waals surface area contributed by atoms with Crippen LogP contribution >= 0.6 is 0 Å². The van der Waals surface area contributed by atoms with Crippen LogP contribution in [-0.2, 0) is 9.53 Å². The summed E-state index contributed by atoms with van der Waals surface area (Å²) in [4.78, 5) is 12.0. The van der Waals surface area contributed by atoms with Crippen molar-refractivity contribution in [1.82, 2.24) is 0 Å². The lowest BCUT2D eigenvalue weighted by Crippen LogP contribution is -2.37. The normalized spacial score (nSPS) is 20.3. The van der Waals surface area contributed by atoms with Gasteiger partial charge in [-0.25, -0.2) is 8.78 Å². The van der Waals surface area contributed by atoms with Crippen LogP contribution in [0.4, 0.5) is 13.2 Å². The molecule has 0 N–H and O–H groups in total. The first kappa shape index (κ1) is 20.6. The molecule has 0 spiro atoms. The molecule has 0 aromatic heterocycles. The third-order valence-electron chi connectivity index (χ3n) is 4.84. The molecule has 1 fully saturated rings. The van der Waals surface area contributed by atoms with E-state index in [0.717, 1.165) is 31.4 Å². The Morgan fingerprint density at radius 2 is 1.88 bits per heavy atom. The summed E-state index contributed by atoms with van der Waals surface area (Å²) < 4.78 is 50.2. The molecule has 1 aliphatic rings. The van der Waals surface area contributed by atoms with Crippen molar-refractivity contribution in [2.75, 3.05) is 6.61 Å². The molecule has 2 rings (SSSR count). The van der Waals surface area contributed by atoms with Gasteiger partial charge in [0, 0.05) is 0 Å². The molecule has 0 amide bonds. The quantitative estimate of drug-likeness (QED) is 0.313. The minimum Gasteiger partial charge on any atom is -0.490 e. The van der Waals surface area contributed by atoms with Gasteiger partial charge in [0.05, 0.1) is 12.5 Å². The fourth-order valence-electron chi connectivity index (χ4n) is 3.01. The maximum Gasteiger partial charge on any atom is 0.308 e. The number of carbonyl (C=O) groups excluding carboxylic acids is 1. The monoisotopic (exact) mass is 372 g/mol. The smallest absolute Gasteiger partial charge is 0.308 e. The van der Waals surface area contributed by atoms with Gasteiger partial charge in [-0.05, 0) is 37.3 Å². The van der Waals surface area contributed by atoms with Gasteiger partial charge in [-0.15, -0.1) is 0 Å². The molecule has 1 aromatic rings. The molecule has 1 aromatic carbocycles. The minimum absolute atomic E-state index is 0.0987. The van der Waals surface area contributed by atoms with E-state index in [4.69, 9.17) is 9.47 Å². The van der Waals surface area contributed by atoms with Crippen molar-refractivity contribution >= 4 is 5.97 Å². The standard InChI is InChI=1S/C20H27F3O3/c1-3-4-5-6-7-13(2)20(24)26-15-10-14(11-15)12-25-17-9-8-16(21)18(22)19(17)23/h8-9,13-15H,3-7,10-12H2,1-2H3. The molecule has 26 heavy (non-hydrogen) atoms. The van der Waals surface area contributed by atoms with Crippen molar-refractivity contribution in [3.63, 3.8) is 0 Å². The molecule has 146 valence electrons. The summed E-state index contributed by atoms with van der Waals surface area (Å²) in [5.74, 6) is -4.55. The van der Waals surface area contributed by atoms with Gasteiger partial charge >= 0.3 is 5.97 Å². The van der Waals surface area contributed by atoms with Crippen LogP contribution in [0.5, 0.6) is 5.75 Å². The molecule has 0 heterocycles. The van der Waals surface area contributed by atoms with Gasteiger partial charge in [0.15, 0.2) is 17.4 Å². The molecule has 6 heteroatoms. The Labute approximate surface area is 152 Å². The van der Waals surface area contributed by atoms with Crippen molar-refractivity contribution < 1.29 is 27.4 Å². The van der Waals surface area contributed by atoms with Gasteiger partial charge in [-0.2, -0.15) is 4.39 Å². The van der Waals surface area contributed by atoms with Gasteiger partial charge < -0.3 is 9.47 Å². The van der Waals surface area contributed by atoms with Gasteiger partial charge in [0.1, 0.15) is 6.10 Å². The largest absolute Gasteiger partial charge is 0.490 e. The number of unbranched alkanes of at least 4 members (excludes halogenated alkanes) is 3. The topological polar surface area (TPSA) is 35.5 Å². The molecule has 1 saturated carbocycles. The molecule has 3 nitrogen and oxygen atoms in total. The first-order chi connectivity index (χ1) is 12.4. The van der Waals surface area contributed by atoms with E-state index < -0.39 is 17.5 Å². The average Bonchev–Trinajstić information content (AvgIpc) is 2.59. The fourth-order valence-corrected chi connectivity index (χ4v) is 3.01. The number of rotatable bonds is 10. The summed E-state index contributed by atoms with van der Waals surface area (Å²) in [5, 5.41) is 0. The lowest BCUT2D eigenvalue weighted by atomic mass is 9.83. The highest BCUT2D eigenvalue weighted by molar-refractivity contribution is 5.72. The van der Waals surface area contributed by atoms with Gasteiger partial charge in [0.2, 0.25) is 5.82 Å². The number of ether oxygens (including phenoxy) is 2. The van der Waals surface area contributed by atoms with E-state index in [0.29, 0.717) is 12.8 Å². The fraction of sp³-hybridized carbons (Fsp3) is 0.650. The maximum atomic E-state index is 13.5. The van der Waals surface area contributed by atoms with Crippen molar-refractivity contribution in [3.8, 4) is 5.75 Å². The van der Waals surface area contributed by atoms with E-state index in [2.05, 4.69) is 6.92 Å². The van der Waals surface area contributed by atoms with Crippen molar-refractivity contribution in [2.24, 2.45) is 11.8 Å². The third kappa shape index (κ3) is 5.64. The van der Waals surface area contributed by atoms with Gasteiger partial charge in [-0.3, -0.25) is 4.79 Å². The summed E-state index contributed by atoms with van der Waals surface area (Å²) in [6, 6.07) is 1.91. The maximum absolute atomic E-state index is 13.5. The Bertz CT molecular complexity index is 600. The molecule has 0 saturated heterocycles. The lowest BCUT2D eigenvalue weighted by Gasteiger charge is -2.35. The van der Waals surface area contributed by atoms with Crippen LogP contribution in [0.15, 0.2) is 12.1 Å². The van der Waals surface area contributed by atoms with Crippen LogP contribution in [0.1, 0.15) is 58.8 Å². The van der Waals surface area contributed by atoms with Crippen LogP contribution in [0, 0.1) is 29.3 Å². The second-order valence-corrected chi connectivity index (χ2v) is 7.13. The Morgan fingerprint density at radius 3 is 2.58 bits per heavy atom. The van der Waals surface area contributed by atoms with Gasteiger partial charge in [-0.1, -0.05) is 39.5 Å². The number of carbonyl (C=O) groups is 1. The van der Waals surface area contributed by atoms with Crippen LogP contribution in [0.3, 0.4) is 0 Å². The number of benzene rings is 1. The van der Waals surface area contributed by atoms with Crippen LogP contribution in [0.25, 0.3) is 0 Å². The molecule has 0 aliphatic heterocycles. The van der Waals surface area contributed by atoms with Crippen molar-refractivity contribution in [1.29, 1.82) is 0 Å². The number of hydrogen-bond acceptors (Lipinski definition) is 3. The van der Waals surface area contributed by atoms with Crippen LogP contribution < -0.4 is 4.74 Å². The zero-order chi connectivity index (χ0) is 19.1. The number of esters is 1. The third-order valence-corrected chi connectivity index (χ3v) is 4.84. The summed E-state index contributed by atoms with van der Waals surface area (Å²) >= 11 is 0. The number of hydrogen-bond donors (Lipinski definition) is 0. The minimum atomic E-state index is -1.53. The predicted octanol–water partition coefficient (Wildman–Crippen LogP) is 5.41. The predicted molar refractivity (Wildman–Crippen MR) is 92.3 cm³/mol. The molecular weight excluding hydrogens is 345 g/mol. The van der Waals surface area contributed by atoms with E-state index in [-0.39, 0.29) is 36.3 Å². The summed E-state index contributed by atoms with van der Waals surface area (Å²) in [6.07, 6.45) is 6.50. The molecule has 1 unspecified atom stereocenters. The first-order valence-corrected chi connectivity index (χ1v) is 9.39. The van der Waals surface area contributed by atoms with Gasteiger partial charge in [0.25, 0.3) is 0 Å². The Morgan fingerprint density at radius 1 is 1.15 bits per heavy atom. The summed E-state index contributed by atoms with van der Waals surface area (Å²) in [7, 11) is 0. The highest BCUT2D eigenvalue weighted by Crippen LogP contribution is 2.32. The number of halogens is 3. The van der Waals surface area contributed by atoms with E-state index in [1.807, 2.05) is 6.92 Å². The van der Waals surface area contributed by atoms with Crippen molar-refractivity contribution in [3.05, 3.63) is 29.6 Å².